The first-order chi connectivity index (χ1) is 17.6. The normalized spacial score (nSPS) is 16.3. The molecule has 0 heterocycles. The summed E-state index contributed by atoms with van der Waals surface area (Å²) in [7, 11) is -4.96. The van der Waals surface area contributed by atoms with Gasteiger partial charge in [-0.3, -0.25) is 0 Å². The maximum atomic E-state index is 10.6. The minimum atomic E-state index is -2.83. The first-order valence-corrected chi connectivity index (χ1v) is 18.8. The molecule has 0 aromatic heterocycles. The van der Waals surface area contributed by atoms with Gasteiger partial charge in [0, 0.05) is 5.92 Å². The zero-order valence-electron chi connectivity index (χ0n) is 25.4. The van der Waals surface area contributed by atoms with Crippen molar-refractivity contribution in [1.29, 1.82) is 0 Å². The summed E-state index contributed by atoms with van der Waals surface area (Å²) in [6.07, 6.45) is 2.15. The van der Waals surface area contributed by atoms with E-state index in [1.54, 1.807) is 0 Å². The van der Waals surface area contributed by atoms with E-state index in [4.69, 9.17) is 8.85 Å². The van der Waals surface area contributed by atoms with Crippen LogP contribution in [0.25, 0.3) is 0 Å². The lowest BCUT2D eigenvalue weighted by molar-refractivity contribution is 0.00658. The highest BCUT2D eigenvalue weighted by molar-refractivity contribution is 6.99. The molecule has 0 unspecified atom stereocenters. The van der Waals surface area contributed by atoms with Crippen LogP contribution in [0, 0.1) is 5.92 Å². The molecule has 0 fully saturated rings. The molecular weight excluding hydrogens is 505 g/mol. The first kappa shape index (κ1) is 32.7. The van der Waals surface area contributed by atoms with Gasteiger partial charge in [0.15, 0.2) is 8.32 Å². The molecule has 0 aliphatic carbocycles. The van der Waals surface area contributed by atoms with Gasteiger partial charge in [-0.05, 0) is 46.9 Å². The molecule has 0 saturated heterocycles. The molecule has 6 heteroatoms. The molecule has 2 aromatic carbocycles. The van der Waals surface area contributed by atoms with E-state index in [1.165, 1.54) is 10.4 Å². The fourth-order valence-electron chi connectivity index (χ4n) is 4.78. The summed E-state index contributed by atoms with van der Waals surface area (Å²) in [6.45, 7) is 22.0. The number of hydrogen-bond donors (Lipinski definition) is 2. The monoisotopic (exact) mass is 556 g/mol. The lowest BCUT2D eigenvalue weighted by Crippen LogP contribution is -2.68. The van der Waals surface area contributed by atoms with Gasteiger partial charge in [-0.15, -0.1) is 0 Å². The molecule has 212 valence electrons. The van der Waals surface area contributed by atoms with E-state index in [0.29, 0.717) is 6.42 Å². The average molecular weight is 557 g/mol. The molecule has 0 spiro atoms. The van der Waals surface area contributed by atoms with Crippen LogP contribution < -0.4 is 10.4 Å². The van der Waals surface area contributed by atoms with E-state index in [1.807, 2.05) is 6.92 Å². The Morgan fingerprint density at radius 2 is 1.26 bits per heavy atom. The third kappa shape index (κ3) is 7.55. The van der Waals surface area contributed by atoms with Gasteiger partial charge < -0.3 is 19.1 Å². The predicted molar refractivity (Wildman–Crippen MR) is 166 cm³/mol. The van der Waals surface area contributed by atoms with Crippen LogP contribution in [-0.2, 0) is 8.85 Å². The van der Waals surface area contributed by atoms with Crippen LogP contribution in [0.3, 0.4) is 0 Å². The number of aliphatic hydroxyl groups excluding tert-OH is 2. The van der Waals surface area contributed by atoms with Crippen molar-refractivity contribution >= 4 is 27.0 Å². The van der Waals surface area contributed by atoms with Crippen molar-refractivity contribution in [2.75, 3.05) is 13.2 Å². The standard InChI is InChI=1S/C32H52O4Si2/c1-25(23-33)21-22-29(26(2)30(24-34)35-37(9,10)31(3,4)5)36-38(32(6,7)8,27-17-13-11-14-18-27)28-19-15-12-16-20-28/h11-21,26,29-30,33-34H,22-24H2,1-10H3/b25-21-/t26-,29-,30-/m0/s1. The Bertz CT molecular complexity index is 968. The smallest absolute Gasteiger partial charge is 0.261 e. The predicted octanol–water partition coefficient (Wildman–Crippen LogP) is 6.28. The Balaban J connectivity index is 2.69. The average Bonchev–Trinajstić information content (AvgIpc) is 2.86. The van der Waals surface area contributed by atoms with E-state index in [9.17, 15) is 10.2 Å². The highest BCUT2D eigenvalue weighted by Gasteiger charge is 2.52. The Labute approximate surface area is 234 Å². The molecule has 0 radical (unpaired) electrons. The van der Waals surface area contributed by atoms with Crippen LogP contribution in [0.4, 0.5) is 0 Å². The van der Waals surface area contributed by atoms with Gasteiger partial charge in [-0.1, -0.05) is 121 Å². The topological polar surface area (TPSA) is 58.9 Å². The second-order valence-corrected chi connectivity index (χ2v) is 22.2. The summed E-state index contributed by atoms with van der Waals surface area (Å²) in [5, 5.41) is 22.6. The van der Waals surface area contributed by atoms with Crippen molar-refractivity contribution in [3.8, 4) is 0 Å². The van der Waals surface area contributed by atoms with Gasteiger partial charge in [0.1, 0.15) is 0 Å². The fourth-order valence-corrected chi connectivity index (χ4v) is 11.0. The lowest BCUT2D eigenvalue weighted by atomic mass is 9.95. The number of hydrogen-bond acceptors (Lipinski definition) is 4. The van der Waals surface area contributed by atoms with Gasteiger partial charge in [0.05, 0.1) is 25.4 Å². The maximum absolute atomic E-state index is 10.6. The fraction of sp³-hybridized carbons (Fsp3) is 0.562. The molecule has 4 nitrogen and oxygen atoms in total. The van der Waals surface area contributed by atoms with Crippen LogP contribution in [0.5, 0.6) is 0 Å². The largest absolute Gasteiger partial charge is 0.411 e. The Kier molecular flexibility index (Phi) is 11.4. The van der Waals surface area contributed by atoms with Crippen molar-refractivity contribution in [3.63, 3.8) is 0 Å². The highest BCUT2D eigenvalue weighted by atomic mass is 28.4. The molecule has 3 atom stereocenters. The summed E-state index contributed by atoms with van der Waals surface area (Å²) in [5.74, 6) is -0.0708. The van der Waals surface area contributed by atoms with E-state index < -0.39 is 16.6 Å². The second kappa shape index (κ2) is 13.2. The summed E-state index contributed by atoms with van der Waals surface area (Å²) in [6, 6.07) is 21.3. The first-order valence-electron chi connectivity index (χ1n) is 13.9. The van der Waals surface area contributed by atoms with E-state index in [-0.39, 0.29) is 41.4 Å². The van der Waals surface area contributed by atoms with E-state index in [0.717, 1.165) is 5.57 Å². The van der Waals surface area contributed by atoms with Crippen molar-refractivity contribution < 1.29 is 19.1 Å². The van der Waals surface area contributed by atoms with Crippen LogP contribution in [0.15, 0.2) is 72.3 Å². The molecule has 0 bridgehead atoms. The van der Waals surface area contributed by atoms with Crippen molar-refractivity contribution in [3.05, 3.63) is 72.3 Å². The van der Waals surface area contributed by atoms with Gasteiger partial charge in [0.2, 0.25) is 0 Å². The number of benzene rings is 2. The summed E-state index contributed by atoms with van der Waals surface area (Å²) in [4.78, 5) is 0. The molecule has 2 N–H and O–H groups in total. The van der Waals surface area contributed by atoms with Gasteiger partial charge in [-0.2, -0.15) is 0 Å². The molecule has 38 heavy (non-hydrogen) atoms. The summed E-state index contributed by atoms with van der Waals surface area (Å²) >= 11 is 0. The van der Waals surface area contributed by atoms with Crippen LogP contribution in [0.1, 0.15) is 61.8 Å². The molecule has 0 aliphatic rings. The van der Waals surface area contributed by atoms with Crippen LogP contribution in [0.2, 0.25) is 23.2 Å². The Hall–Kier alpha value is -1.55. The maximum Gasteiger partial charge on any atom is 0.261 e. The van der Waals surface area contributed by atoms with Crippen molar-refractivity contribution in [2.24, 2.45) is 5.92 Å². The number of aliphatic hydroxyl groups is 2. The minimum Gasteiger partial charge on any atom is -0.411 e. The minimum absolute atomic E-state index is 0.0181. The van der Waals surface area contributed by atoms with E-state index >= 15 is 0 Å². The molecule has 0 saturated carbocycles. The molecule has 2 aromatic rings. The lowest BCUT2D eigenvalue weighted by Gasteiger charge is -2.48. The van der Waals surface area contributed by atoms with Crippen molar-refractivity contribution in [2.45, 2.75) is 97.2 Å². The SMILES string of the molecule is C/C(=C/C[C@H](O[Si](c1ccccc1)(c1ccccc1)C(C)(C)C)[C@H](C)[C@H](CO)O[Si](C)(C)C(C)(C)C)CO. The molecule has 2 rings (SSSR count). The van der Waals surface area contributed by atoms with Crippen molar-refractivity contribution in [1.82, 2.24) is 0 Å². The number of rotatable bonds is 12. The quantitative estimate of drug-likeness (QED) is 0.239. The highest BCUT2D eigenvalue weighted by Crippen LogP contribution is 2.41. The Morgan fingerprint density at radius 1 is 0.789 bits per heavy atom. The molecule has 0 amide bonds. The molecule has 0 aliphatic heterocycles. The Morgan fingerprint density at radius 3 is 1.63 bits per heavy atom. The van der Waals surface area contributed by atoms with E-state index in [2.05, 4.69) is 128 Å². The van der Waals surface area contributed by atoms with Crippen LogP contribution in [-0.4, -0.2) is 52.3 Å². The summed E-state index contributed by atoms with van der Waals surface area (Å²) in [5.41, 5.74) is 0.916. The summed E-state index contributed by atoms with van der Waals surface area (Å²) < 4.78 is 14.3. The third-order valence-corrected chi connectivity index (χ3v) is 17.9. The zero-order valence-corrected chi connectivity index (χ0v) is 27.4. The third-order valence-electron chi connectivity index (χ3n) is 8.30. The van der Waals surface area contributed by atoms with Gasteiger partial charge in [-0.25, -0.2) is 0 Å². The van der Waals surface area contributed by atoms with Gasteiger partial charge in [0.25, 0.3) is 8.32 Å². The molecular formula is C32H52O4Si2. The van der Waals surface area contributed by atoms with Crippen LogP contribution >= 0.6 is 0 Å². The zero-order chi connectivity index (χ0) is 28.8. The van der Waals surface area contributed by atoms with Gasteiger partial charge >= 0.3 is 0 Å². The second-order valence-electron chi connectivity index (χ2n) is 13.2.